The van der Waals surface area contributed by atoms with Crippen LogP contribution in [0.2, 0.25) is 0 Å². The monoisotopic (exact) mass is 299 g/mol. The van der Waals surface area contributed by atoms with Crippen molar-refractivity contribution in [2.75, 3.05) is 13.1 Å². The lowest BCUT2D eigenvalue weighted by molar-refractivity contribution is 0.327. The van der Waals surface area contributed by atoms with Crippen LogP contribution in [0.25, 0.3) is 10.6 Å². The molecule has 0 bridgehead atoms. The lowest BCUT2D eigenvalue weighted by atomic mass is 10.1. The van der Waals surface area contributed by atoms with Gasteiger partial charge in [0, 0.05) is 36.5 Å². The molecule has 108 valence electrons. The number of nitrogens with one attached hydrogen (secondary N) is 2. The molecule has 21 heavy (non-hydrogen) atoms. The highest BCUT2D eigenvalue weighted by Gasteiger charge is 2.25. The molecule has 1 aliphatic heterocycles. The van der Waals surface area contributed by atoms with Gasteiger partial charge in [-0.2, -0.15) is 10.2 Å². The van der Waals surface area contributed by atoms with Crippen molar-refractivity contribution in [3.63, 3.8) is 0 Å². The zero-order chi connectivity index (χ0) is 14.1. The average molecular weight is 299 g/mol. The second kappa shape index (κ2) is 5.46. The zero-order valence-electron chi connectivity index (χ0n) is 11.6. The summed E-state index contributed by atoms with van der Waals surface area (Å²) in [5, 5.41) is 16.6. The highest BCUT2D eigenvalue weighted by Crippen LogP contribution is 2.30. The highest BCUT2D eigenvalue weighted by atomic mass is 32.1. The Morgan fingerprint density at radius 2 is 2.29 bits per heavy atom. The van der Waals surface area contributed by atoms with Crippen molar-refractivity contribution in [1.29, 1.82) is 0 Å². The van der Waals surface area contributed by atoms with Crippen molar-refractivity contribution < 1.29 is 0 Å². The zero-order valence-corrected chi connectivity index (χ0v) is 12.4. The van der Waals surface area contributed by atoms with Gasteiger partial charge in [-0.3, -0.25) is 15.1 Å². The molecule has 3 aromatic rings. The van der Waals surface area contributed by atoms with Crippen molar-refractivity contribution >= 4 is 11.3 Å². The molecule has 5 nitrogen and oxygen atoms in total. The number of hydrogen-bond donors (Lipinski definition) is 2. The number of likely N-dealkylation sites (tertiary alicyclic amines) is 1. The van der Waals surface area contributed by atoms with Gasteiger partial charge in [0.25, 0.3) is 0 Å². The summed E-state index contributed by atoms with van der Waals surface area (Å²) in [6, 6.07) is 6.30. The third kappa shape index (κ3) is 2.52. The van der Waals surface area contributed by atoms with Crippen LogP contribution in [0.15, 0.2) is 36.0 Å². The summed E-state index contributed by atoms with van der Waals surface area (Å²) in [7, 11) is 0. The fraction of sp³-hybridized carbons (Fsp3) is 0.333. The average Bonchev–Trinajstić information content (AvgIpc) is 3.28. The third-order valence-corrected chi connectivity index (χ3v) is 5.00. The van der Waals surface area contributed by atoms with E-state index in [-0.39, 0.29) is 0 Å². The summed E-state index contributed by atoms with van der Waals surface area (Å²) in [5.74, 6) is 0.574. The maximum absolute atomic E-state index is 4.23. The molecule has 1 saturated heterocycles. The first-order valence-corrected chi connectivity index (χ1v) is 8.06. The molecule has 0 saturated carbocycles. The number of hydrogen-bond acceptors (Lipinski definition) is 4. The number of aromatic nitrogens is 4. The van der Waals surface area contributed by atoms with Crippen LogP contribution in [0.1, 0.15) is 23.6 Å². The summed E-state index contributed by atoms with van der Waals surface area (Å²) >= 11 is 1.75. The third-order valence-electron chi connectivity index (χ3n) is 4.11. The molecule has 0 aromatic carbocycles. The standard InChI is InChI=1S/C15H17N5S/c1-2-14(21-7-1)15-12(8-17-19-15)10-20-6-4-11(9-20)13-3-5-16-18-13/h1-3,5,7-8,11H,4,6,9-10H2,(H,16,18)(H,17,19)/t11-/m0/s1. The molecular weight excluding hydrogens is 282 g/mol. The molecule has 0 unspecified atom stereocenters. The molecule has 1 fully saturated rings. The van der Waals surface area contributed by atoms with E-state index < -0.39 is 0 Å². The van der Waals surface area contributed by atoms with Crippen LogP contribution in [-0.4, -0.2) is 38.4 Å². The Bertz CT molecular complexity index is 686. The van der Waals surface area contributed by atoms with E-state index in [1.54, 1.807) is 11.3 Å². The smallest absolute Gasteiger partial charge is 0.0794 e. The second-order valence-corrected chi connectivity index (χ2v) is 6.43. The summed E-state index contributed by atoms with van der Waals surface area (Å²) in [5.41, 5.74) is 3.70. The Balaban J connectivity index is 1.47. The van der Waals surface area contributed by atoms with Gasteiger partial charge in [0.05, 0.1) is 16.8 Å². The van der Waals surface area contributed by atoms with Gasteiger partial charge in [0.15, 0.2) is 0 Å². The predicted octanol–water partition coefficient (Wildman–Crippen LogP) is 2.85. The summed E-state index contributed by atoms with van der Waals surface area (Å²) in [6.45, 7) is 3.16. The molecule has 4 rings (SSSR count). The number of rotatable bonds is 4. The van der Waals surface area contributed by atoms with Crippen molar-refractivity contribution in [3.05, 3.63) is 47.2 Å². The van der Waals surface area contributed by atoms with E-state index in [9.17, 15) is 0 Å². The molecule has 1 atom stereocenters. The van der Waals surface area contributed by atoms with E-state index in [2.05, 4.69) is 48.9 Å². The largest absolute Gasteiger partial charge is 0.298 e. The Morgan fingerprint density at radius 1 is 1.29 bits per heavy atom. The maximum atomic E-state index is 4.23. The quantitative estimate of drug-likeness (QED) is 0.779. The van der Waals surface area contributed by atoms with Crippen molar-refractivity contribution in [2.24, 2.45) is 0 Å². The molecule has 6 heteroatoms. The minimum Gasteiger partial charge on any atom is -0.298 e. The summed E-state index contributed by atoms with van der Waals surface area (Å²) < 4.78 is 0. The van der Waals surface area contributed by atoms with Crippen LogP contribution < -0.4 is 0 Å². The van der Waals surface area contributed by atoms with Crippen LogP contribution in [0, 0.1) is 0 Å². The van der Waals surface area contributed by atoms with Crippen molar-refractivity contribution in [1.82, 2.24) is 25.3 Å². The summed E-state index contributed by atoms with van der Waals surface area (Å²) in [6.07, 6.45) is 4.98. The Labute approximate surface area is 127 Å². The molecule has 1 aliphatic rings. The van der Waals surface area contributed by atoms with Gasteiger partial charge in [0.2, 0.25) is 0 Å². The van der Waals surface area contributed by atoms with Gasteiger partial charge in [-0.25, -0.2) is 0 Å². The van der Waals surface area contributed by atoms with Crippen molar-refractivity contribution in [2.45, 2.75) is 18.9 Å². The molecule has 0 spiro atoms. The summed E-state index contributed by atoms with van der Waals surface area (Å²) in [4.78, 5) is 3.75. The number of H-pyrrole nitrogens is 2. The predicted molar refractivity (Wildman–Crippen MR) is 83.1 cm³/mol. The van der Waals surface area contributed by atoms with Gasteiger partial charge in [-0.05, 0) is 30.5 Å². The lowest BCUT2D eigenvalue weighted by Gasteiger charge is -2.15. The van der Waals surface area contributed by atoms with Crippen LogP contribution in [0.4, 0.5) is 0 Å². The topological polar surface area (TPSA) is 60.6 Å². The van der Waals surface area contributed by atoms with Crippen LogP contribution in [0.3, 0.4) is 0 Å². The maximum Gasteiger partial charge on any atom is 0.0794 e. The molecule has 0 radical (unpaired) electrons. The Kier molecular flexibility index (Phi) is 3.33. The van der Waals surface area contributed by atoms with Gasteiger partial charge in [-0.15, -0.1) is 11.3 Å². The van der Waals surface area contributed by atoms with Crippen LogP contribution >= 0.6 is 11.3 Å². The van der Waals surface area contributed by atoms with Gasteiger partial charge in [-0.1, -0.05) is 6.07 Å². The SMILES string of the molecule is c1csc(-c2[nH]ncc2CN2CC[C@H](c3ccn[nH]3)C2)c1. The second-order valence-electron chi connectivity index (χ2n) is 5.48. The number of aromatic amines is 2. The first-order valence-electron chi connectivity index (χ1n) is 7.18. The molecule has 0 aliphatic carbocycles. The van der Waals surface area contributed by atoms with E-state index >= 15 is 0 Å². The first kappa shape index (κ1) is 12.8. The lowest BCUT2D eigenvalue weighted by Crippen LogP contribution is -2.19. The molecular formula is C15H17N5S. The van der Waals surface area contributed by atoms with E-state index in [0.717, 1.165) is 25.3 Å². The van der Waals surface area contributed by atoms with E-state index in [0.29, 0.717) is 5.92 Å². The number of nitrogens with zero attached hydrogens (tertiary/aromatic N) is 3. The van der Waals surface area contributed by atoms with E-state index in [1.165, 1.54) is 22.6 Å². The van der Waals surface area contributed by atoms with Crippen LogP contribution in [0.5, 0.6) is 0 Å². The molecule has 0 amide bonds. The minimum atomic E-state index is 0.574. The van der Waals surface area contributed by atoms with Gasteiger partial charge >= 0.3 is 0 Å². The fourth-order valence-corrected chi connectivity index (χ4v) is 3.79. The van der Waals surface area contributed by atoms with Gasteiger partial charge < -0.3 is 0 Å². The van der Waals surface area contributed by atoms with Gasteiger partial charge in [0.1, 0.15) is 0 Å². The number of thiophene rings is 1. The minimum absolute atomic E-state index is 0.574. The first-order chi connectivity index (χ1) is 10.4. The fourth-order valence-electron chi connectivity index (χ4n) is 3.03. The molecule has 2 N–H and O–H groups in total. The van der Waals surface area contributed by atoms with Crippen molar-refractivity contribution in [3.8, 4) is 10.6 Å². The molecule has 3 aromatic heterocycles. The Morgan fingerprint density at radius 3 is 3.10 bits per heavy atom. The Hall–Kier alpha value is -1.92. The van der Waals surface area contributed by atoms with Crippen LogP contribution in [-0.2, 0) is 6.54 Å². The van der Waals surface area contributed by atoms with E-state index in [4.69, 9.17) is 0 Å². The van der Waals surface area contributed by atoms with E-state index in [1.807, 2.05) is 12.4 Å². The normalized spacial score (nSPS) is 19.3. The molecule has 4 heterocycles. The highest BCUT2D eigenvalue weighted by molar-refractivity contribution is 7.13.